The Balaban J connectivity index is 1.49. The molecule has 38 heavy (non-hydrogen) atoms. The molecule has 204 valence electrons. The fourth-order valence-electron chi connectivity index (χ4n) is 5.45. The Morgan fingerprint density at radius 2 is 1.76 bits per heavy atom. The average molecular weight is 525 g/mol. The molecule has 0 radical (unpaired) electrons. The van der Waals surface area contributed by atoms with Crippen LogP contribution in [0.15, 0.2) is 42.5 Å². The SMILES string of the molecule is CCc1ccc(F)c(C(=O)NC(C(=O)N2CCC3(CC2)C(=O)N(C)CN3c2ccc(OC)cc2)C(C)C)c1. The van der Waals surface area contributed by atoms with Gasteiger partial charge in [-0.1, -0.05) is 26.8 Å². The van der Waals surface area contributed by atoms with Gasteiger partial charge in [0.15, 0.2) is 0 Å². The fourth-order valence-corrected chi connectivity index (χ4v) is 5.45. The van der Waals surface area contributed by atoms with Gasteiger partial charge >= 0.3 is 0 Å². The standard InChI is InChI=1S/C29H37FN4O4/c1-6-20-7-12-24(30)23(17-20)26(35)31-25(19(2)3)27(36)33-15-13-29(14-16-33)28(37)32(4)18-34(29)21-8-10-22(38-5)11-9-21/h7-12,17,19,25H,6,13-16,18H2,1-5H3,(H,31,35). The lowest BCUT2D eigenvalue weighted by Gasteiger charge is -2.44. The second-order valence-corrected chi connectivity index (χ2v) is 10.5. The van der Waals surface area contributed by atoms with E-state index in [1.54, 1.807) is 30.0 Å². The molecule has 4 rings (SSSR count). The van der Waals surface area contributed by atoms with Gasteiger partial charge in [-0.3, -0.25) is 14.4 Å². The molecule has 0 aliphatic carbocycles. The van der Waals surface area contributed by atoms with Crippen molar-refractivity contribution < 1.29 is 23.5 Å². The molecule has 0 bridgehead atoms. The zero-order valence-electron chi connectivity index (χ0n) is 22.8. The highest BCUT2D eigenvalue weighted by molar-refractivity contribution is 5.98. The zero-order chi connectivity index (χ0) is 27.6. The van der Waals surface area contributed by atoms with E-state index in [2.05, 4.69) is 10.2 Å². The van der Waals surface area contributed by atoms with Crippen molar-refractivity contribution in [1.29, 1.82) is 0 Å². The third-order valence-electron chi connectivity index (χ3n) is 7.80. The Morgan fingerprint density at radius 1 is 1.11 bits per heavy atom. The summed E-state index contributed by atoms with van der Waals surface area (Å²) < 4.78 is 19.7. The molecular weight excluding hydrogens is 487 g/mol. The van der Waals surface area contributed by atoms with Crippen molar-refractivity contribution in [2.45, 2.75) is 51.6 Å². The molecule has 0 aromatic heterocycles. The van der Waals surface area contributed by atoms with Gasteiger partial charge in [0.25, 0.3) is 5.91 Å². The Bertz CT molecular complexity index is 1190. The minimum atomic E-state index is -0.805. The molecule has 2 aliphatic rings. The van der Waals surface area contributed by atoms with Crippen molar-refractivity contribution in [3.63, 3.8) is 0 Å². The van der Waals surface area contributed by atoms with E-state index in [0.717, 1.165) is 17.0 Å². The lowest BCUT2D eigenvalue weighted by atomic mass is 9.85. The maximum atomic E-state index is 14.4. The summed E-state index contributed by atoms with van der Waals surface area (Å²) in [6, 6.07) is 11.3. The van der Waals surface area contributed by atoms with Gasteiger partial charge in [-0.2, -0.15) is 0 Å². The first kappa shape index (κ1) is 27.4. The summed E-state index contributed by atoms with van der Waals surface area (Å²) in [6.45, 7) is 6.86. The summed E-state index contributed by atoms with van der Waals surface area (Å²) in [5.41, 5.74) is 0.973. The van der Waals surface area contributed by atoms with Gasteiger partial charge in [0, 0.05) is 25.8 Å². The average Bonchev–Trinajstić information content (AvgIpc) is 3.16. The molecule has 2 fully saturated rings. The number of likely N-dealkylation sites (tertiary alicyclic amines) is 1. The third kappa shape index (κ3) is 5.06. The minimum Gasteiger partial charge on any atom is -0.497 e. The Kier molecular flexibility index (Phi) is 7.94. The normalized spacial score (nSPS) is 17.8. The van der Waals surface area contributed by atoms with Crippen molar-refractivity contribution in [2.75, 3.05) is 38.8 Å². The number of amides is 3. The van der Waals surface area contributed by atoms with Gasteiger partial charge in [0.1, 0.15) is 23.1 Å². The van der Waals surface area contributed by atoms with Crippen LogP contribution in [-0.2, 0) is 16.0 Å². The van der Waals surface area contributed by atoms with Gasteiger partial charge in [-0.05, 0) is 67.1 Å². The summed E-state index contributed by atoms with van der Waals surface area (Å²) in [5, 5.41) is 2.78. The van der Waals surface area contributed by atoms with E-state index < -0.39 is 23.3 Å². The van der Waals surface area contributed by atoms with Crippen molar-refractivity contribution in [1.82, 2.24) is 15.1 Å². The summed E-state index contributed by atoms with van der Waals surface area (Å²) in [7, 11) is 3.41. The molecular formula is C29H37FN4O4. The van der Waals surface area contributed by atoms with E-state index in [9.17, 15) is 18.8 Å². The highest BCUT2D eigenvalue weighted by Crippen LogP contribution is 2.39. The van der Waals surface area contributed by atoms with Crippen LogP contribution < -0.4 is 15.0 Å². The van der Waals surface area contributed by atoms with Gasteiger partial charge < -0.3 is 24.8 Å². The van der Waals surface area contributed by atoms with E-state index in [4.69, 9.17) is 4.74 Å². The van der Waals surface area contributed by atoms with Crippen LogP contribution in [0.4, 0.5) is 10.1 Å². The first-order chi connectivity index (χ1) is 18.1. The van der Waals surface area contributed by atoms with Crippen molar-refractivity contribution in [3.8, 4) is 5.75 Å². The highest BCUT2D eigenvalue weighted by Gasteiger charge is 2.53. The number of rotatable bonds is 7. The number of benzene rings is 2. The number of carbonyl (C=O) groups is 3. The zero-order valence-corrected chi connectivity index (χ0v) is 22.8. The van der Waals surface area contributed by atoms with Crippen LogP contribution in [-0.4, -0.2) is 73.0 Å². The predicted octanol–water partition coefficient (Wildman–Crippen LogP) is 3.45. The number of halogens is 1. The van der Waals surface area contributed by atoms with E-state index in [0.29, 0.717) is 39.0 Å². The number of piperidine rings is 1. The lowest BCUT2D eigenvalue weighted by molar-refractivity contribution is -0.139. The van der Waals surface area contributed by atoms with Crippen LogP contribution in [0.2, 0.25) is 0 Å². The molecule has 2 aliphatic heterocycles. The molecule has 1 N–H and O–H groups in total. The van der Waals surface area contributed by atoms with Crippen LogP contribution in [0, 0.1) is 11.7 Å². The topological polar surface area (TPSA) is 82.2 Å². The summed E-state index contributed by atoms with van der Waals surface area (Å²) >= 11 is 0. The van der Waals surface area contributed by atoms with E-state index in [-0.39, 0.29) is 23.3 Å². The molecule has 1 spiro atoms. The van der Waals surface area contributed by atoms with E-state index >= 15 is 0 Å². The lowest BCUT2D eigenvalue weighted by Crippen LogP contribution is -2.60. The van der Waals surface area contributed by atoms with Gasteiger partial charge in [-0.25, -0.2) is 4.39 Å². The quantitative estimate of drug-likeness (QED) is 0.600. The molecule has 1 atom stereocenters. The summed E-state index contributed by atoms with van der Waals surface area (Å²) in [4.78, 5) is 45.5. The summed E-state index contributed by atoms with van der Waals surface area (Å²) in [6.07, 6.45) is 1.61. The van der Waals surface area contributed by atoms with E-state index in [1.807, 2.05) is 45.0 Å². The van der Waals surface area contributed by atoms with E-state index in [1.165, 1.54) is 12.1 Å². The molecule has 2 heterocycles. The van der Waals surface area contributed by atoms with Crippen LogP contribution in [0.1, 0.15) is 49.5 Å². The van der Waals surface area contributed by atoms with Crippen molar-refractivity contribution >= 4 is 23.4 Å². The number of aryl methyl sites for hydroxylation is 1. The molecule has 8 nitrogen and oxygen atoms in total. The molecule has 2 saturated heterocycles. The van der Waals surface area contributed by atoms with Gasteiger partial charge in [-0.15, -0.1) is 0 Å². The summed E-state index contributed by atoms with van der Waals surface area (Å²) in [5.74, 6) is -0.848. The Labute approximate surface area is 223 Å². The van der Waals surface area contributed by atoms with Crippen molar-refractivity contribution in [2.24, 2.45) is 5.92 Å². The Hall–Kier alpha value is -3.62. The number of nitrogens with zero attached hydrogens (tertiary/aromatic N) is 3. The highest BCUT2D eigenvalue weighted by atomic mass is 19.1. The number of ether oxygens (including phenoxy) is 1. The number of hydrogen-bond donors (Lipinski definition) is 1. The second kappa shape index (κ2) is 11.0. The number of anilines is 1. The maximum Gasteiger partial charge on any atom is 0.254 e. The predicted molar refractivity (Wildman–Crippen MR) is 144 cm³/mol. The van der Waals surface area contributed by atoms with Crippen LogP contribution in [0.25, 0.3) is 0 Å². The molecule has 9 heteroatoms. The molecule has 0 saturated carbocycles. The monoisotopic (exact) mass is 524 g/mol. The number of carbonyl (C=O) groups excluding carboxylic acids is 3. The second-order valence-electron chi connectivity index (χ2n) is 10.5. The number of methoxy groups -OCH3 is 1. The minimum absolute atomic E-state index is 0.0420. The molecule has 3 amide bonds. The number of nitrogens with one attached hydrogen (secondary N) is 1. The maximum absolute atomic E-state index is 14.4. The smallest absolute Gasteiger partial charge is 0.254 e. The first-order valence-electron chi connectivity index (χ1n) is 13.2. The first-order valence-corrected chi connectivity index (χ1v) is 13.2. The molecule has 1 unspecified atom stereocenters. The van der Waals surface area contributed by atoms with Gasteiger partial charge in [0.2, 0.25) is 11.8 Å². The largest absolute Gasteiger partial charge is 0.497 e. The van der Waals surface area contributed by atoms with Gasteiger partial charge in [0.05, 0.1) is 19.3 Å². The Morgan fingerprint density at radius 3 is 2.34 bits per heavy atom. The third-order valence-corrected chi connectivity index (χ3v) is 7.80. The van der Waals surface area contributed by atoms with Crippen LogP contribution in [0.3, 0.4) is 0 Å². The van der Waals surface area contributed by atoms with Crippen molar-refractivity contribution in [3.05, 3.63) is 59.4 Å². The number of hydrogen-bond acceptors (Lipinski definition) is 5. The molecule has 2 aromatic carbocycles. The number of likely N-dealkylation sites (N-methyl/N-ethyl adjacent to an activating group) is 1. The van der Waals surface area contributed by atoms with Crippen LogP contribution in [0.5, 0.6) is 5.75 Å². The van der Waals surface area contributed by atoms with Crippen LogP contribution >= 0.6 is 0 Å². The fraction of sp³-hybridized carbons (Fsp3) is 0.483. The molecule has 2 aromatic rings.